The first-order chi connectivity index (χ1) is 14.2. The van der Waals surface area contributed by atoms with E-state index in [-0.39, 0.29) is 0 Å². The predicted molar refractivity (Wildman–Crippen MR) is 113 cm³/mol. The molecule has 7 heteroatoms. The van der Waals surface area contributed by atoms with Crippen LogP contribution in [0.3, 0.4) is 0 Å². The number of ether oxygens (including phenoxy) is 2. The van der Waals surface area contributed by atoms with Crippen LogP contribution in [0.2, 0.25) is 0 Å². The Hall–Kier alpha value is -2.54. The number of benzene rings is 1. The summed E-state index contributed by atoms with van der Waals surface area (Å²) in [5, 5.41) is 0. The monoisotopic (exact) mass is 395 g/mol. The lowest BCUT2D eigenvalue weighted by Gasteiger charge is -2.36. The van der Waals surface area contributed by atoms with Gasteiger partial charge in [-0.15, -0.1) is 0 Å². The minimum Gasteiger partial charge on any atom is -0.454 e. The molecule has 29 heavy (non-hydrogen) atoms. The van der Waals surface area contributed by atoms with E-state index in [0.717, 1.165) is 75.0 Å². The van der Waals surface area contributed by atoms with Gasteiger partial charge in [0.1, 0.15) is 5.82 Å². The van der Waals surface area contributed by atoms with Crippen molar-refractivity contribution in [2.45, 2.75) is 26.3 Å². The molecule has 2 fully saturated rings. The molecule has 2 aromatic rings. The zero-order valence-electron chi connectivity index (χ0n) is 17.1. The van der Waals surface area contributed by atoms with Gasteiger partial charge in [-0.3, -0.25) is 4.90 Å². The number of rotatable bonds is 4. The van der Waals surface area contributed by atoms with Crippen molar-refractivity contribution in [2.75, 3.05) is 55.9 Å². The minimum absolute atomic E-state index is 0.326. The fourth-order valence-corrected chi connectivity index (χ4v) is 4.47. The first-order valence-corrected chi connectivity index (χ1v) is 10.7. The molecule has 0 amide bonds. The normalized spacial score (nSPS) is 22.2. The highest BCUT2D eigenvalue weighted by Gasteiger charge is 2.22. The van der Waals surface area contributed by atoms with Crippen molar-refractivity contribution >= 4 is 11.8 Å². The summed E-state index contributed by atoms with van der Waals surface area (Å²) in [5.74, 6) is 4.38. The summed E-state index contributed by atoms with van der Waals surface area (Å²) >= 11 is 0. The van der Waals surface area contributed by atoms with E-state index >= 15 is 0 Å². The van der Waals surface area contributed by atoms with Gasteiger partial charge in [0, 0.05) is 52.0 Å². The van der Waals surface area contributed by atoms with Crippen LogP contribution in [0, 0.1) is 5.92 Å². The standard InChI is InChI=1S/C22H29N5O2/c1-17-3-2-8-27(14-17)21-6-7-23-22(24-21)26-11-9-25(10-12-26)15-18-4-5-19-20(13-18)29-16-28-19/h4-7,13,17H,2-3,8-12,14-16H2,1H3. The molecule has 1 aromatic carbocycles. The molecular weight excluding hydrogens is 366 g/mol. The number of fused-ring (bicyclic) bond motifs is 1. The summed E-state index contributed by atoms with van der Waals surface area (Å²) < 4.78 is 10.9. The summed E-state index contributed by atoms with van der Waals surface area (Å²) in [5.41, 5.74) is 1.26. The lowest BCUT2D eigenvalue weighted by atomic mass is 10.0. The van der Waals surface area contributed by atoms with Crippen molar-refractivity contribution in [3.05, 3.63) is 36.0 Å². The van der Waals surface area contributed by atoms with Crippen molar-refractivity contribution in [2.24, 2.45) is 5.92 Å². The fraction of sp³-hybridized carbons (Fsp3) is 0.545. The molecule has 4 heterocycles. The second-order valence-electron chi connectivity index (χ2n) is 8.36. The molecule has 2 saturated heterocycles. The lowest BCUT2D eigenvalue weighted by Crippen LogP contribution is -2.46. The molecule has 5 rings (SSSR count). The largest absolute Gasteiger partial charge is 0.454 e. The van der Waals surface area contributed by atoms with Crippen molar-refractivity contribution in [3.63, 3.8) is 0 Å². The van der Waals surface area contributed by atoms with E-state index < -0.39 is 0 Å². The second-order valence-corrected chi connectivity index (χ2v) is 8.36. The van der Waals surface area contributed by atoms with Crippen molar-refractivity contribution in [1.29, 1.82) is 0 Å². The third-order valence-electron chi connectivity index (χ3n) is 6.11. The van der Waals surface area contributed by atoms with Gasteiger partial charge < -0.3 is 19.3 Å². The Morgan fingerprint density at radius 2 is 1.86 bits per heavy atom. The maximum Gasteiger partial charge on any atom is 0.231 e. The molecule has 0 spiro atoms. The summed E-state index contributed by atoms with van der Waals surface area (Å²) in [6, 6.07) is 8.29. The first-order valence-electron chi connectivity index (χ1n) is 10.7. The van der Waals surface area contributed by atoms with Crippen LogP contribution >= 0.6 is 0 Å². The highest BCUT2D eigenvalue weighted by atomic mass is 16.7. The summed E-state index contributed by atoms with van der Waals surface area (Å²) in [6.45, 7) is 9.68. The van der Waals surface area contributed by atoms with E-state index in [4.69, 9.17) is 14.5 Å². The zero-order chi connectivity index (χ0) is 19.6. The molecular formula is C22H29N5O2. The van der Waals surface area contributed by atoms with Crippen LogP contribution in [0.1, 0.15) is 25.3 Å². The average molecular weight is 396 g/mol. The lowest BCUT2D eigenvalue weighted by molar-refractivity contribution is 0.174. The maximum atomic E-state index is 5.50. The number of hydrogen-bond donors (Lipinski definition) is 0. The molecule has 3 aliphatic rings. The van der Waals surface area contributed by atoms with Gasteiger partial charge in [-0.2, -0.15) is 4.98 Å². The van der Waals surface area contributed by atoms with Crippen LogP contribution in [0.25, 0.3) is 0 Å². The van der Waals surface area contributed by atoms with Gasteiger partial charge in [0.25, 0.3) is 0 Å². The number of hydrogen-bond acceptors (Lipinski definition) is 7. The van der Waals surface area contributed by atoms with Gasteiger partial charge in [-0.05, 0) is 42.5 Å². The van der Waals surface area contributed by atoms with Gasteiger partial charge in [0.2, 0.25) is 12.7 Å². The number of aromatic nitrogens is 2. The third kappa shape index (κ3) is 4.10. The topological polar surface area (TPSA) is 54.0 Å². The Kier molecular flexibility index (Phi) is 5.14. The van der Waals surface area contributed by atoms with E-state index in [1.807, 2.05) is 12.3 Å². The van der Waals surface area contributed by atoms with Crippen molar-refractivity contribution in [3.8, 4) is 11.5 Å². The molecule has 0 aliphatic carbocycles. The van der Waals surface area contributed by atoms with Gasteiger partial charge in [0.15, 0.2) is 11.5 Å². The van der Waals surface area contributed by atoms with Crippen LogP contribution < -0.4 is 19.3 Å². The number of anilines is 2. The Bertz CT molecular complexity index is 853. The van der Waals surface area contributed by atoms with E-state index in [1.165, 1.54) is 18.4 Å². The molecule has 1 aromatic heterocycles. The third-order valence-corrected chi connectivity index (χ3v) is 6.11. The molecule has 0 radical (unpaired) electrons. The number of piperidine rings is 1. The first kappa shape index (κ1) is 18.5. The second kappa shape index (κ2) is 8.06. The molecule has 1 atom stereocenters. The van der Waals surface area contributed by atoms with Crippen LogP contribution in [-0.4, -0.2) is 60.9 Å². The number of piperazine rings is 1. The van der Waals surface area contributed by atoms with Crippen LogP contribution in [-0.2, 0) is 6.54 Å². The smallest absolute Gasteiger partial charge is 0.231 e. The van der Waals surface area contributed by atoms with E-state index in [9.17, 15) is 0 Å². The molecule has 0 bridgehead atoms. The van der Waals surface area contributed by atoms with Crippen LogP contribution in [0.5, 0.6) is 11.5 Å². The van der Waals surface area contributed by atoms with E-state index in [2.05, 4.69) is 44.8 Å². The average Bonchev–Trinajstić information content (AvgIpc) is 3.22. The molecule has 0 N–H and O–H groups in total. The number of nitrogens with zero attached hydrogens (tertiary/aromatic N) is 5. The Morgan fingerprint density at radius 3 is 2.72 bits per heavy atom. The Morgan fingerprint density at radius 1 is 1.00 bits per heavy atom. The maximum absolute atomic E-state index is 5.50. The zero-order valence-corrected chi connectivity index (χ0v) is 17.1. The van der Waals surface area contributed by atoms with Gasteiger partial charge >= 0.3 is 0 Å². The minimum atomic E-state index is 0.326. The quantitative estimate of drug-likeness (QED) is 0.789. The van der Waals surface area contributed by atoms with Crippen molar-refractivity contribution in [1.82, 2.24) is 14.9 Å². The Balaban J connectivity index is 1.19. The highest BCUT2D eigenvalue weighted by molar-refractivity contribution is 5.45. The van der Waals surface area contributed by atoms with E-state index in [1.54, 1.807) is 0 Å². The molecule has 7 nitrogen and oxygen atoms in total. The molecule has 154 valence electrons. The van der Waals surface area contributed by atoms with Gasteiger partial charge in [0.05, 0.1) is 0 Å². The molecule has 3 aliphatic heterocycles. The molecule has 1 unspecified atom stereocenters. The summed E-state index contributed by atoms with van der Waals surface area (Å²) in [4.78, 5) is 16.7. The van der Waals surface area contributed by atoms with Gasteiger partial charge in [-0.25, -0.2) is 4.98 Å². The molecule has 0 saturated carbocycles. The summed E-state index contributed by atoms with van der Waals surface area (Å²) in [6.07, 6.45) is 4.48. The van der Waals surface area contributed by atoms with Gasteiger partial charge in [-0.1, -0.05) is 13.0 Å². The summed E-state index contributed by atoms with van der Waals surface area (Å²) in [7, 11) is 0. The highest BCUT2D eigenvalue weighted by Crippen LogP contribution is 2.33. The van der Waals surface area contributed by atoms with E-state index in [0.29, 0.717) is 6.79 Å². The van der Waals surface area contributed by atoms with Crippen LogP contribution in [0.4, 0.5) is 11.8 Å². The predicted octanol–water partition coefficient (Wildman–Crippen LogP) is 2.76. The van der Waals surface area contributed by atoms with Crippen LogP contribution in [0.15, 0.2) is 30.5 Å². The Labute approximate surface area is 172 Å². The SMILES string of the molecule is CC1CCCN(c2ccnc(N3CCN(Cc4ccc5c(c4)OCO5)CC3)n2)C1. The van der Waals surface area contributed by atoms with Crippen molar-refractivity contribution < 1.29 is 9.47 Å². The fourth-order valence-electron chi connectivity index (χ4n) is 4.47.